The smallest absolute Gasteiger partial charge is 0.309 e. The number of carbonyl (C=O) groups is 1. The first-order valence-electron chi connectivity index (χ1n) is 7.02. The summed E-state index contributed by atoms with van der Waals surface area (Å²) in [5, 5.41) is 2.19. The second-order valence-electron chi connectivity index (χ2n) is 4.73. The van der Waals surface area contributed by atoms with Crippen molar-refractivity contribution in [2.24, 2.45) is 0 Å². The molecule has 0 aliphatic rings. The van der Waals surface area contributed by atoms with E-state index in [-0.39, 0.29) is 12.4 Å². The lowest BCUT2D eigenvalue weighted by Crippen LogP contribution is -2.01. The van der Waals surface area contributed by atoms with Gasteiger partial charge >= 0.3 is 5.97 Å². The molecule has 3 nitrogen and oxygen atoms in total. The van der Waals surface area contributed by atoms with Gasteiger partial charge in [0.25, 0.3) is 0 Å². The van der Waals surface area contributed by atoms with Crippen molar-refractivity contribution in [3.63, 3.8) is 0 Å². The lowest BCUT2D eigenvalue weighted by Gasteiger charge is -1.97. The van der Waals surface area contributed by atoms with Gasteiger partial charge in [0, 0.05) is 16.3 Å². The van der Waals surface area contributed by atoms with Crippen LogP contribution in [0.3, 0.4) is 0 Å². The molecular weight excluding hydrogens is 264 g/mol. The summed E-state index contributed by atoms with van der Waals surface area (Å²) in [6, 6.07) is 14.0. The van der Waals surface area contributed by atoms with E-state index in [1.165, 1.54) is 0 Å². The summed E-state index contributed by atoms with van der Waals surface area (Å²) in [6.45, 7) is 2.21. The summed E-state index contributed by atoms with van der Waals surface area (Å²) in [7, 11) is 0. The fraction of sp³-hybridized carbons (Fsp3) is 0.167. The van der Waals surface area contributed by atoms with Gasteiger partial charge in [0.2, 0.25) is 0 Å². The largest absolute Gasteiger partial charge is 0.466 e. The van der Waals surface area contributed by atoms with Gasteiger partial charge in [0.1, 0.15) is 11.2 Å². The summed E-state index contributed by atoms with van der Waals surface area (Å²) < 4.78 is 10.8. The molecule has 0 bridgehead atoms. The quantitative estimate of drug-likeness (QED) is 0.658. The standard InChI is InChI=1S/C18H16O3/c1-2-20-17(19)12-6-8-13-7-5-10-15-14-9-3-4-11-16(14)21-18(13)15/h3-11H,2,12H2,1H3. The fourth-order valence-electron chi connectivity index (χ4n) is 2.40. The molecule has 0 N–H and O–H groups in total. The van der Waals surface area contributed by atoms with Crippen LogP contribution in [-0.4, -0.2) is 12.6 Å². The summed E-state index contributed by atoms with van der Waals surface area (Å²) >= 11 is 0. The molecule has 1 heterocycles. The molecule has 3 heteroatoms. The maximum absolute atomic E-state index is 11.3. The average molecular weight is 280 g/mol. The lowest BCUT2D eigenvalue weighted by atomic mass is 10.1. The van der Waals surface area contributed by atoms with Crippen LogP contribution in [0, 0.1) is 0 Å². The van der Waals surface area contributed by atoms with E-state index in [0.29, 0.717) is 6.61 Å². The molecule has 1 aromatic heterocycles. The van der Waals surface area contributed by atoms with E-state index in [4.69, 9.17) is 9.15 Å². The van der Waals surface area contributed by atoms with Gasteiger partial charge in [-0.2, -0.15) is 0 Å². The van der Waals surface area contributed by atoms with Gasteiger partial charge in [-0.1, -0.05) is 48.6 Å². The van der Waals surface area contributed by atoms with Crippen molar-refractivity contribution in [2.75, 3.05) is 6.61 Å². The normalized spacial score (nSPS) is 11.5. The molecule has 106 valence electrons. The predicted molar refractivity (Wildman–Crippen MR) is 84.0 cm³/mol. The minimum Gasteiger partial charge on any atom is -0.466 e. The highest BCUT2D eigenvalue weighted by Crippen LogP contribution is 2.31. The molecule has 0 atom stereocenters. The first kappa shape index (κ1) is 13.4. The second kappa shape index (κ2) is 5.83. The Balaban J connectivity index is 1.96. The molecule has 0 aliphatic carbocycles. The van der Waals surface area contributed by atoms with Crippen LogP contribution in [0.1, 0.15) is 18.9 Å². The van der Waals surface area contributed by atoms with E-state index in [9.17, 15) is 4.79 Å². The van der Waals surface area contributed by atoms with Crippen LogP contribution in [0.4, 0.5) is 0 Å². The van der Waals surface area contributed by atoms with Gasteiger partial charge in [-0.15, -0.1) is 0 Å². The molecule has 0 saturated carbocycles. The molecule has 0 amide bonds. The number of para-hydroxylation sites is 2. The molecule has 0 radical (unpaired) electrons. The Labute approximate surface area is 122 Å². The van der Waals surface area contributed by atoms with E-state index in [1.807, 2.05) is 48.5 Å². The first-order chi connectivity index (χ1) is 10.3. The van der Waals surface area contributed by atoms with Crippen LogP contribution < -0.4 is 0 Å². The number of ether oxygens (including phenoxy) is 1. The van der Waals surface area contributed by atoms with Crippen molar-refractivity contribution >= 4 is 34.0 Å². The van der Waals surface area contributed by atoms with E-state index >= 15 is 0 Å². The predicted octanol–water partition coefficient (Wildman–Crippen LogP) is 4.55. The van der Waals surface area contributed by atoms with Crippen LogP contribution in [0.5, 0.6) is 0 Å². The fourth-order valence-corrected chi connectivity index (χ4v) is 2.40. The molecule has 2 aromatic carbocycles. The number of rotatable bonds is 4. The van der Waals surface area contributed by atoms with Crippen LogP contribution in [0.2, 0.25) is 0 Å². The van der Waals surface area contributed by atoms with Crippen molar-refractivity contribution in [3.05, 3.63) is 54.1 Å². The Kier molecular flexibility index (Phi) is 3.73. The maximum atomic E-state index is 11.3. The zero-order valence-corrected chi connectivity index (χ0v) is 11.8. The summed E-state index contributed by atoms with van der Waals surface area (Å²) in [6.07, 6.45) is 3.98. The number of esters is 1. The minimum absolute atomic E-state index is 0.217. The third-order valence-corrected chi connectivity index (χ3v) is 3.32. The monoisotopic (exact) mass is 280 g/mol. The third-order valence-electron chi connectivity index (χ3n) is 3.32. The van der Waals surface area contributed by atoms with Crippen LogP contribution in [-0.2, 0) is 9.53 Å². The maximum Gasteiger partial charge on any atom is 0.309 e. The lowest BCUT2D eigenvalue weighted by molar-refractivity contribution is -0.142. The van der Waals surface area contributed by atoms with Gasteiger partial charge < -0.3 is 9.15 Å². The Hall–Kier alpha value is -2.55. The SMILES string of the molecule is CCOC(=O)CC=Cc1cccc2c1oc1ccccc12. The van der Waals surface area contributed by atoms with Gasteiger partial charge in [-0.3, -0.25) is 4.79 Å². The molecule has 0 spiro atoms. The zero-order chi connectivity index (χ0) is 14.7. The molecule has 3 aromatic rings. The van der Waals surface area contributed by atoms with Crippen molar-refractivity contribution in [2.45, 2.75) is 13.3 Å². The highest BCUT2D eigenvalue weighted by atomic mass is 16.5. The minimum atomic E-state index is -0.217. The summed E-state index contributed by atoms with van der Waals surface area (Å²) in [5.41, 5.74) is 2.69. The molecule has 21 heavy (non-hydrogen) atoms. The van der Waals surface area contributed by atoms with Crippen LogP contribution in [0.25, 0.3) is 28.0 Å². The summed E-state index contributed by atoms with van der Waals surface area (Å²) in [5.74, 6) is -0.217. The number of hydrogen-bond donors (Lipinski definition) is 0. The summed E-state index contributed by atoms with van der Waals surface area (Å²) in [4.78, 5) is 11.3. The van der Waals surface area contributed by atoms with E-state index < -0.39 is 0 Å². The van der Waals surface area contributed by atoms with Crippen molar-refractivity contribution < 1.29 is 13.9 Å². The van der Waals surface area contributed by atoms with Gasteiger partial charge in [0.05, 0.1) is 13.0 Å². The van der Waals surface area contributed by atoms with E-state index in [1.54, 1.807) is 13.0 Å². The topological polar surface area (TPSA) is 39.4 Å². The molecule has 0 unspecified atom stereocenters. The first-order valence-corrected chi connectivity index (χ1v) is 7.02. The van der Waals surface area contributed by atoms with E-state index in [0.717, 1.165) is 27.5 Å². The zero-order valence-electron chi connectivity index (χ0n) is 11.8. The number of carbonyl (C=O) groups excluding carboxylic acids is 1. The Morgan fingerprint density at radius 2 is 1.95 bits per heavy atom. The Morgan fingerprint density at radius 3 is 2.81 bits per heavy atom. The number of fused-ring (bicyclic) bond motifs is 3. The van der Waals surface area contributed by atoms with Crippen molar-refractivity contribution in [1.29, 1.82) is 0 Å². The van der Waals surface area contributed by atoms with Gasteiger partial charge in [-0.05, 0) is 13.0 Å². The average Bonchev–Trinajstić information content (AvgIpc) is 2.87. The number of furan rings is 1. The van der Waals surface area contributed by atoms with Crippen molar-refractivity contribution in [3.8, 4) is 0 Å². The van der Waals surface area contributed by atoms with Crippen LogP contribution in [0.15, 0.2) is 53.0 Å². The molecule has 0 saturated heterocycles. The van der Waals surface area contributed by atoms with E-state index in [2.05, 4.69) is 0 Å². The highest BCUT2D eigenvalue weighted by Gasteiger charge is 2.08. The second-order valence-corrected chi connectivity index (χ2v) is 4.73. The number of benzene rings is 2. The van der Waals surface area contributed by atoms with Gasteiger partial charge in [-0.25, -0.2) is 0 Å². The van der Waals surface area contributed by atoms with Crippen molar-refractivity contribution in [1.82, 2.24) is 0 Å². The third kappa shape index (κ3) is 2.68. The highest BCUT2D eigenvalue weighted by molar-refractivity contribution is 6.07. The Morgan fingerprint density at radius 1 is 1.14 bits per heavy atom. The van der Waals surface area contributed by atoms with Gasteiger partial charge in [0.15, 0.2) is 0 Å². The van der Waals surface area contributed by atoms with Crippen LogP contribution >= 0.6 is 0 Å². The molecular formula is C18H16O3. The molecule has 0 fully saturated rings. The Bertz CT molecular complexity index is 812. The molecule has 0 aliphatic heterocycles. The molecule has 3 rings (SSSR count). The number of hydrogen-bond acceptors (Lipinski definition) is 3.